The highest BCUT2D eigenvalue weighted by molar-refractivity contribution is 8.24. The number of carbonyl (C=O) groups is 1. The number of carboxylic acid groups (broad SMARTS) is 1. The lowest BCUT2D eigenvalue weighted by atomic mass is 9.76. The quantitative estimate of drug-likeness (QED) is 0.253. The van der Waals surface area contributed by atoms with Crippen LogP contribution in [0.15, 0.2) is 40.0 Å². The minimum absolute atomic E-state index is 0.207. The Morgan fingerprint density at radius 2 is 1.91 bits per heavy atom. The molecule has 1 aliphatic carbocycles. The number of rotatable bonds is 14. The molecule has 0 atom stereocenters. The van der Waals surface area contributed by atoms with E-state index in [1.54, 1.807) is 31.0 Å². The first kappa shape index (κ1) is 27.7. The van der Waals surface area contributed by atoms with Crippen LogP contribution in [0, 0.1) is 17.8 Å². The maximum absolute atomic E-state index is 11.2. The Bertz CT molecular complexity index is 795. The molecular formula is C27H41NO3S2. The average Bonchev–Trinajstić information content (AvgIpc) is 2.82. The Hall–Kier alpha value is -1.53. The fourth-order valence-electron chi connectivity index (χ4n) is 4.90. The standard InChI is InChI=1S/C27H41NO3S2/c1-6-9-20(10-7-2)17-21-11-13-22(14-12-21)26(8-3)32-19(4)33-28-24-16-15-23(27(29)30)18-25(24)31-5/h8,15-16,18,20-22,28H,4,6-7,9-14,17H2,1-3,5H3,(H,29,30)/b26-8-. The van der Waals surface area contributed by atoms with E-state index >= 15 is 0 Å². The van der Waals surface area contributed by atoms with Crippen molar-refractivity contribution in [2.24, 2.45) is 17.8 Å². The van der Waals surface area contributed by atoms with Crippen LogP contribution in [-0.2, 0) is 0 Å². The van der Waals surface area contributed by atoms with Gasteiger partial charge in [-0.25, -0.2) is 4.79 Å². The van der Waals surface area contributed by atoms with E-state index in [1.807, 2.05) is 0 Å². The Balaban J connectivity index is 1.84. The molecule has 1 fully saturated rings. The fraction of sp³-hybridized carbons (Fsp3) is 0.593. The van der Waals surface area contributed by atoms with Crippen molar-refractivity contribution in [3.63, 3.8) is 0 Å². The Morgan fingerprint density at radius 1 is 1.24 bits per heavy atom. The molecule has 0 radical (unpaired) electrons. The second-order valence-corrected chi connectivity index (χ2v) is 11.3. The van der Waals surface area contributed by atoms with Crippen LogP contribution in [-0.4, -0.2) is 18.2 Å². The number of nitrogens with one attached hydrogen (secondary N) is 1. The largest absolute Gasteiger partial charge is 0.495 e. The van der Waals surface area contributed by atoms with E-state index in [1.165, 1.54) is 80.7 Å². The van der Waals surface area contributed by atoms with E-state index in [0.717, 1.165) is 21.8 Å². The summed E-state index contributed by atoms with van der Waals surface area (Å²) in [6.45, 7) is 11.0. The molecule has 2 rings (SSSR count). The molecule has 33 heavy (non-hydrogen) atoms. The molecule has 6 heteroatoms. The second kappa shape index (κ2) is 14.7. The summed E-state index contributed by atoms with van der Waals surface area (Å²) in [6, 6.07) is 4.84. The number of hydrogen-bond donors (Lipinski definition) is 2. The van der Waals surface area contributed by atoms with Gasteiger partial charge in [0.25, 0.3) is 0 Å². The summed E-state index contributed by atoms with van der Waals surface area (Å²) in [6.07, 6.45) is 14.3. The van der Waals surface area contributed by atoms with Crippen molar-refractivity contribution in [2.75, 3.05) is 11.8 Å². The Kier molecular flexibility index (Phi) is 12.3. The molecule has 1 saturated carbocycles. The van der Waals surface area contributed by atoms with Crippen molar-refractivity contribution in [3.05, 3.63) is 45.6 Å². The van der Waals surface area contributed by atoms with Crippen LogP contribution < -0.4 is 9.46 Å². The number of ether oxygens (including phenoxy) is 1. The molecule has 1 aliphatic rings. The van der Waals surface area contributed by atoms with Crippen molar-refractivity contribution in [1.82, 2.24) is 0 Å². The first-order valence-corrected chi connectivity index (χ1v) is 13.9. The highest BCUT2D eigenvalue weighted by Gasteiger charge is 2.26. The lowest BCUT2D eigenvalue weighted by Gasteiger charge is -2.32. The molecule has 0 aromatic heterocycles. The Morgan fingerprint density at radius 3 is 2.45 bits per heavy atom. The number of aromatic carboxylic acids is 1. The molecule has 0 bridgehead atoms. The second-order valence-electron chi connectivity index (χ2n) is 8.99. The van der Waals surface area contributed by atoms with Gasteiger partial charge in [-0.05, 0) is 91.8 Å². The van der Waals surface area contributed by atoms with E-state index in [9.17, 15) is 4.79 Å². The Labute approximate surface area is 209 Å². The minimum atomic E-state index is -0.967. The zero-order valence-corrected chi connectivity index (χ0v) is 22.3. The van der Waals surface area contributed by atoms with Gasteiger partial charge < -0.3 is 14.6 Å². The molecule has 0 spiro atoms. The lowest BCUT2D eigenvalue weighted by molar-refractivity contribution is 0.0696. The van der Waals surface area contributed by atoms with Crippen molar-refractivity contribution in [1.29, 1.82) is 0 Å². The number of thioether (sulfide) groups is 1. The summed E-state index contributed by atoms with van der Waals surface area (Å²) < 4.78 is 9.59. The van der Waals surface area contributed by atoms with Gasteiger partial charge in [0.05, 0.1) is 22.6 Å². The minimum Gasteiger partial charge on any atom is -0.495 e. The summed E-state index contributed by atoms with van der Waals surface area (Å²) >= 11 is 3.21. The summed E-state index contributed by atoms with van der Waals surface area (Å²) in [4.78, 5) is 12.6. The molecule has 1 aromatic rings. The van der Waals surface area contributed by atoms with Crippen molar-refractivity contribution < 1.29 is 14.6 Å². The molecule has 1 aromatic carbocycles. The smallest absolute Gasteiger partial charge is 0.335 e. The van der Waals surface area contributed by atoms with E-state index in [0.29, 0.717) is 11.7 Å². The molecule has 0 heterocycles. The van der Waals surface area contributed by atoms with Crippen LogP contribution in [0.3, 0.4) is 0 Å². The third kappa shape index (κ3) is 8.97. The number of carboxylic acids is 1. The normalized spacial score (nSPS) is 18.9. The molecule has 2 N–H and O–H groups in total. The summed E-state index contributed by atoms with van der Waals surface area (Å²) in [5, 5.41) is 9.17. The van der Waals surface area contributed by atoms with Crippen LogP contribution in [0.25, 0.3) is 0 Å². The van der Waals surface area contributed by atoms with Crippen LogP contribution in [0.4, 0.5) is 5.69 Å². The molecule has 0 amide bonds. The lowest BCUT2D eigenvalue weighted by Crippen LogP contribution is -2.18. The van der Waals surface area contributed by atoms with Gasteiger partial charge in [-0.1, -0.05) is 63.9 Å². The highest BCUT2D eigenvalue weighted by Crippen LogP contribution is 2.44. The van der Waals surface area contributed by atoms with Gasteiger partial charge in [-0.15, -0.1) is 0 Å². The zero-order valence-electron chi connectivity index (χ0n) is 20.7. The third-order valence-corrected chi connectivity index (χ3v) is 8.63. The van der Waals surface area contributed by atoms with Crippen LogP contribution in [0.1, 0.15) is 88.9 Å². The monoisotopic (exact) mass is 491 g/mol. The van der Waals surface area contributed by atoms with Gasteiger partial charge in [-0.2, -0.15) is 0 Å². The maximum Gasteiger partial charge on any atom is 0.335 e. The van der Waals surface area contributed by atoms with E-state index < -0.39 is 5.97 Å². The predicted octanol–water partition coefficient (Wildman–Crippen LogP) is 8.97. The van der Waals surface area contributed by atoms with Crippen molar-refractivity contribution in [2.45, 2.75) is 78.6 Å². The number of anilines is 1. The van der Waals surface area contributed by atoms with Gasteiger partial charge in [0.1, 0.15) is 5.75 Å². The van der Waals surface area contributed by atoms with E-state index in [4.69, 9.17) is 9.84 Å². The highest BCUT2D eigenvalue weighted by atomic mass is 32.2. The third-order valence-electron chi connectivity index (χ3n) is 6.55. The molecule has 0 unspecified atom stereocenters. The zero-order chi connectivity index (χ0) is 24.2. The fourth-order valence-corrected chi connectivity index (χ4v) is 6.66. The molecule has 0 aliphatic heterocycles. The molecular weight excluding hydrogens is 450 g/mol. The average molecular weight is 492 g/mol. The predicted molar refractivity (Wildman–Crippen MR) is 145 cm³/mol. The SMILES string of the molecule is C=C(SNc1ccc(C(=O)O)cc1OC)S/C(=C\C)C1CCC(CC(CCC)CCC)CC1. The van der Waals surface area contributed by atoms with Gasteiger partial charge in [0.15, 0.2) is 0 Å². The first-order chi connectivity index (χ1) is 15.9. The van der Waals surface area contributed by atoms with Crippen molar-refractivity contribution >= 4 is 35.4 Å². The van der Waals surface area contributed by atoms with E-state index in [-0.39, 0.29) is 5.56 Å². The van der Waals surface area contributed by atoms with Crippen LogP contribution in [0.5, 0.6) is 5.75 Å². The van der Waals surface area contributed by atoms with Gasteiger partial charge in [0, 0.05) is 0 Å². The van der Waals surface area contributed by atoms with Gasteiger partial charge >= 0.3 is 5.97 Å². The molecule has 4 nitrogen and oxygen atoms in total. The number of hydrogen-bond acceptors (Lipinski definition) is 5. The first-order valence-electron chi connectivity index (χ1n) is 12.3. The topological polar surface area (TPSA) is 58.6 Å². The van der Waals surface area contributed by atoms with Gasteiger partial charge in [0.2, 0.25) is 0 Å². The molecule has 0 saturated heterocycles. The number of benzene rings is 1. The summed E-state index contributed by atoms with van der Waals surface area (Å²) in [5.74, 6) is 1.99. The maximum atomic E-state index is 11.2. The molecule has 184 valence electrons. The summed E-state index contributed by atoms with van der Waals surface area (Å²) in [7, 11) is 1.54. The van der Waals surface area contributed by atoms with Gasteiger partial charge in [-0.3, -0.25) is 0 Å². The van der Waals surface area contributed by atoms with Crippen molar-refractivity contribution in [3.8, 4) is 5.75 Å². The number of allylic oxidation sites excluding steroid dienone is 2. The van der Waals surface area contributed by atoms with Crippen LogP contribution in [0.2, 0.25) is 0 Å². The van der Waals surface area contributed by atoms with Crippen LogP contribution >= 0.6 is 23.7 Å². The summed E-state index contributed by atoms with van der Waals surface area (Å²) in [5.41, 5.74) is 0.948. The van der Waals surface area contributed by atoms with E-state index in [2.05, 4.69) is 38.1 Å². The number of methoxy groups -OCH3 is 1.